The topological polar surface area (TPSA) is 237 Å². The van der Waals surface area contributed by atoms with E-state index in [4.69, 9.17) is 37.0 Å². The number of hydrogen-bond donors (Lipinski definition) is 3. The highest BCUT2D eigenvalue weighted by Crippen LogP contribution is 2.45. The number of rotatable bonds is 73. The Morgan fingerprint density at radius 1 is 0.293 bits per heavy atom. The number of esters is 4. The zero-order valence-corrected chi connectivity index (χ0v) is 61.5. The van der Waals surface area contributed by atoms with E-state index in [1.165, 1.54) is 199 Å². The van der Waals surface area contributed by atoms with Crippen molar-refractivity contribution in [3.05, 3.63) is 0 Å². The molecule has 0 aromatic carbocycles. The van der Waals surface area contributed by atoms with Crippen LogP contribution in [0, 0.1) is 5.92 Å². The molecule has 0 aliphatic rings. The molecule has 0 aliphatic carbocycles. The second kappa shape index (κ2) is 66.3. The Balaban J connectivity index is 5.15. The van der Waals surface area contributed by atoms with Gasteiger partial charge in [-0.3, -0.25) is 37.3 Å². The molecule has 0 spiro atoms. The van der Waals surface area contributed by atoms with Gasteiger partial charge in [-0.1, -0.05) is 330 Å². The van der Waals surface area contributed by atoms with Crippen LogP contribution in [-0.2, 0) is 65.4 Å². The van der Waals surface area contributed by atoms with Crippen molar-refractivity contribution in [2.75, 3.05) is 39.6 Å². The molecule has 0 heterocycles. The Bertz CT molecular complexity index is 1770. The lowest BCUT2D eigenvalue weighted by atomic mass is 10.0. The first kappa shape index (κ1) is 90.1. The summed E-state index contributed by atoms with van der Waals surface area (Å²) in [6, 6.07) is 0. The fourth-order valence-electron chi connectivity index (χ4n) is 11.2. The summed E-state index contributed by atoms with van der Waals surface area (Å²) in [7, 11) is -9.89. The Hall–Kier alpha value is -1.94. The summed E-state index contributed by atoms with van der Waals surface area (Å²) >= 11 is 0. The van der Waals surface area contributed by atoms with Crippen molar-refractivity contribution in [1.82, 2.24) is 0 Å². The summed E-state index contributed by atoms with van der Waals surface area (Å²) in [4.78, 5) is 72.4. The summed E-state index contributed by atoms with van der Waals surface area (Å²) in [5, 5.41) is 10.6. The van der Waals surface area contributed by atoms with Crippen molar-refractivity contribution in [3.63, 3.8) is 0 Å². The molecule has 0 saturated carbocycles. The maximum Gasteiger partial charge on any atom is 0.472 e. The number of carbonyl (C=O) groups excluding carboxylic acids is 4. The highest BCUT2D eigenvalue weighted by atomic mass is 31.2. The van der Waals surface area contributed by atoms with Gasteiger partial charge in [0.2, 0.25) is 0 Å². The smallest absolute Gasteiger partial charge is 0.462 e. The van der Waals surface area contributed by atoms with Crippen molar-refractivity contribution in [3.8, 4) is 0 Å². The van der Waals surface area contributed by atoms with Crippen LogP contribution in [0.25, 0.3) is 0 Å². The molecule has 546 valence electrons. The maximum absolute atomic E-state index is 13.0. The Morgan fingerprint density at radius 2 is 0.500 bits per heavy atom. The molecule has 2 unspecified atom stereocenters. The molecule has 19 heteroatoms. The van der Waals surface area contributed by atoms with Crippen molar-refractivity contribution >= 4 is 39.5 Å². The zero-order valence-electron chi connectivity index (χ0n) is 59.7. The number of phosphoric ester groups is 2. The number of phosphoric acid groups is 2. The van der Waals surface area contributed by atoms with Crippen LogP contribution in [0.3, 0.4) is 0 Å². The van der Waals surface area contributed by atoms with Crippen molar-refractivity contribution in [1.29, 1.82) is 0 Å². The predicted octanol–water partition coefficient (Wildman–Crippen LogP) is 21.3. The van der Waals surface area contributed by atoms with Gasteiger partial charge in [0.15, 0.2) is 12.2 Å². The monoisotopic (exact) mass is 1350 g/mol. The van der Waals surface area contributed by atoms with E-state index < -0.39 is 97.5 Å². The highest BCUT2D eigenvalue weighted by molar-refractivity contribution is 7.47. The number of hydrogen-bond acceptors (Lipinski definition) is 15. The number of ether oxygens (including phenoxy) is 4. The van der Waals surface area contributed by atoms with Crippen molar-refractivity contribution in [2.24, 2.45) is 5.92 Å². The average molecular weight is 1350 g/mol. The molecule has 0 aromatic heterocycles. The van der Waals surface area contributed by atoms with Crippen LogP contribution in [0.15, 0.2) is 0 Å². The molecule has 0 aromatic rings. The summed E-state index contributed by atoms with van der Waals surface area (Å²) in [5.41, 5.74) is 0. The van der Waals surface area contributed by atoms with Crippen LogP contribution in [-0.4, -0.2) is 96.7 Å². The van der Waals surface area contributed by atoms with Gasteiger partial charge in [-0.05, 0) is 31.6 Å². The van der Waals surface area contributed by atoms with Crippen LogP contribution < -0.4 is 0 Å². The number of unbranched alkanes of at least 4 members (excludes halogenated alkanes) is 45. The van der Waals surface area contributed by atoms with Gasteiger partial charge in [0, 0.05) is 25.7 Å². The summed E-state index contributed by atoms with van der Waals surface area (Å²) in [6.07, 6.45) is 54.4. The lowest BCUT2D eigenvalue weighted by Gasteiger charge is -2.21. The van der Waals surface area contributed by atoms with E-state index in [1.54, 1.807) is 0 Å². The quantitative estimate of drug-likeness (QED) is 0.0222. The molecule has 0 saturated heterocycles. The predicted molar refractivity (Wildman–Crippen MR) is 372 cm³/mol. The molecule has 17 nitrogen and oxygen atoms in total. The minimum atomic E-state index is -4.95. The molecule has 0 fully saturated rings. The summed E-state index contributed by atoms with van der Waals surface area (Å²) in [6.45, 7) is 7.21. The normalized spacial score (nSPS) is 14.0. The first-order chi connectivity index (χ1) is 44.5. The number of carbonyl (C=O) groups is 4. The molecule has 0 aliphatic heterocycles. The minimum Gasteiger partial charge on any atom is -0.462 e. The molecular weight excluding hydrogens is 1210 g/mol. The zero-order chi connectivity index (χ0) is 67.7. The molecule has 3 N–H and O–H groups in total. The van der Waals surface area contributed by atoms with Gasteiger partial charge in [0.1, 0.15) is 19.3 Å². The second-order valence-electron chi connectivity index (χ2n) is 26.8. The number of aliphatic hydroxyl groups excluding tert-OH is 1. The third-order valence-corrected chi connectivity index (χ3v) is 18.9. The Kier molecular flexibility index (Phi) is 64.9. The lowest BCUT2D eigenvalue weighted by molar-refractivity contribution is -0.161. The average Bonchev–Trinajstić information content (AvgIpc) is 3.70. The fourth-order valence-corrected chi connectivity index (χ4v) is 12.8. The molecule has 0 radical (unpaired) electrons. The van der Waals surface area contributed by atoms with E-state index in [1.807, 2.05) is 0 Å². The van der Waals surface area contributed by atoms with Gasteiger partial charge in [0.05, 0.1) is 26.4 Å². The van der Waals surface area contributed by atoms with E-state index in [-0.39, 0.29) is 25.7 Å². The van der Waals surface area contributed by atoms with E-state index in [9.17, 15) is 43.2 Å². The summed E-state index contributed by atoms with van der Waals surface area (Å²) in [5.74, 6) is -1.33. The standard InChI is InChI=1S/C73H142O17P2/c1-6-9-12-15-17-19-21-23-24-25-26-31-34-38-42-47-52-57-71(76)84-63-69(90-73(78)59-54-49-44-40-36-32-28-27-30-33-37-41-46-50-55-66(4)5)65-88-92(81,82)86-61-67(74)60-85-91(79,80)87-64-68(62-83-70(75)56-51-45-14-11-8-3)89-72(77)58-53-48-43-39-35-29-22-20-18-16-13-10-7-2/h66-69,74H,6-65H2,1-5H3,(H,79,80)(H,81,82)/t67-,68+,69+/m0/s1. The minimum absolute atomic E-state index is 0.107. The Labute approximate surface area is 562 Å². The van der Waals surface area contributed by atoms with E-state index in [2.05, 4.69) is 34.6 Å². The van der Waals surface area contributed by atoms with E-state index in [0.717, 1.165) is 102 Å². The van der Waals surface area contributed by atoms with Crippen LogP contribution in [0.4, 0.5) is 0 Å². The molecule has 0 bridgehead atoms. The van der Waals surface area contributed by atoms with E-state index in [0.29, 0.717) is 25.7 Å². The largest absolute Gasteiger partial charge is 0.472 e. The van der Waals surface area contributed by atoms with Gasteiger partial charge < -0.3 is 33.8 Å². The van der Waals surface area contributed by atoms with Crippen molar-refractivity contribution in [2.45, 2.75) is 400 Å². The van der Waals surface area contributed by atoms with Gasteiger partial charge in [0.25, 0.3) is 0 Å². The third-order valence-electron chi connectivity index (χ3n) is 17.0. The van der Waals surface area contributed by atoms with Crippen molar-refractivity contribution < 1.29 is 80.2 Å². The van der Waals surface area contributed by atoms with Gasteiger partial charge >= 0.3 is 39.5 Å². The highest BCUT2D eigenvalue weighted by Gasteiger charge is 2.30. The lowest BCUT2D eigenvalue weighted by Crippen LogP contribution is -2.30. The number of aliphatic hydroxyl groups is 1. The first-order valence-corrected chi connectivity index (χ1v) is 41.1. The molecule has 0 rings (SSSR count). The SMILES string of the molecule is CCCCCCCCCCCCCCCCCCCC(=O)OC[C@H](COP(=O)(O)OC[C@@H](O)COP(=O)(O)OC[C@@H](COC(=O)CCCCCCC)OC(=O)CCCCCCCCCCCCCCC)OC(=O)CCCCCCCCCCCCCCCCC(C)C. The third kappa shape index (κ3) is 66.7. The maximum atomic E-state index is 13.0. The molecule has 0 amide bonds. The van der Waals surface area contributed by atoms with Crippen LogP contribution in [0.2, 0.25) is 0 Å². The second-order valence-corrected chi connectivity index (χ2v) is 29.7. The first-order valence-electron chi connectivity index (χ1n) is 38.1. The van der Waals surface area contributed by atoms with Crippen LogP contribution in [0.1, 0.15) is 381 Å². The van der Waals surface area contributed by atoms with Gasteiger partial charge in [-0.2, -0.15) is 0 Å². The van der Waals surface area contributed by atoms with Gasteiger partial charge in [-0.25, -0.2) is 9.13 Å². The molecular formula is C73H142O17P2. The molecule has 92 heavy (non-hydrogen) atoms. The van der Waals surface area contributed by atoms with Gasteiger partial charge in [-0.15, -0.1) is 0 Å². The fraction of sp³-hybridized carbons (Fsp3) is 0.945. The van der Waals surface area contributed by atoms with E-state index >= 15 is 0 Å². The van der Waals surface area contributed by atoms with Crippen LogP contribution in [0.5, 0.6) is 0 Å². The summed E-state index contributed by atoms with van der Waals surface area (Å²) < 4.78 is 68.2. The Morgan fingerprint density at radius 3 is 0.739 bits per heavy atom. The van der Waals surface area contributed by atoms with Crippen LogP contribution >= 0.6 is 15.6 Å². The molecule has 5 atom stereocenters.